The van der Waals surface area contributed by atoms with E-state index in [1.165, 1.54) is 5.56 Å². The summed E-state index contributed by atoms with van der Waals surface area (Å²) in [6.07, 6.45) is 0. The number of hydrogen-bond acceptors (Lipinski definition) is 6. The zero-order chi connectivity index (χ0) is 20.2. The summed E-state index contributed by atoms with van der Waals surface area (Å²) in [4.78, 5) is 2.19. The highest BCUT2D eigenvalue weighted by Gasteiger charge is 2.19. The Morgan fingerprint density at radius 2 is 1.52 bits per heavy atom. The largest absolute Gasteiger partial charge is 0.383 e. The van der Waals surface area contributed by atoms with Gasteiger partial charge in [0.2, 0.25) is 0 Å². The molecule has 4 aromatic rings. The molecule has 0 spiro atoms. The summed E-state index contributed by atoms with van der Waals surface area (Å²) in [5.41, 5.74) is 2.93. The highest BCUT2D eigenvalue weighted by Crippen LogP contribution is 2.29. The van der Waals surface area contributed by atoms with Gasteiger partial charge in [-0.2, -0.15) is 4.52 Å². The lowest BCUT2D eigenvalue weighted by Gasteiger charge is -2.24. The van der Waals surface area contributed by atoms with Crippen molar-refractivity contribution in [1.29, 1.82) is 0 Å². The van der Waals surface area contributed by atoms with Crippen molar-refractivity contribution in [2.45, 2.75) is 6.92 Å². The monoisotopic (exact) mass is 391 g/mol. The number of fused-ring (bicyclic) bond motifs is 3. The molecule has 150 valence electrons. The van der Waals surface area contributed by atoms with Crippen molar-refractivity contribution in [3.05, 3.63) is 54.1 Å². The first-order valence-electron chi connectivity index (χ1n) is 9.67. The van der Waals surface area contributed by atoms with Crippen molar-refractivity contribution in [3.8, 4) is 11.4 Å². The lowest BCUT2D eigenvalue weighted by atomic mass is 10.1. The highest BCUT2D eigenvalue weighted by atomic mass is 16.5. The molecule has 7 heteroatoms. The molecule has 0 aliphatic rings. The topological polar surface area (TPSA) is 64.8 Å². The Morgan fingerprint density at radius 3 is 2.17 bits per heavy atom. The van der Waals surface area contributed by atoms with E-state index in [4.69, 9.17) is 14.6 Å². The van der Waals surface area contributed by atoms with Gasteiger partial charge in [0.25, 0.3) is 0 Å². The van der Waals surface area contributed by atoms with Gasteiger partial charge >= 0.3 is 0 Å². The van der Waals surface area contributed by atoms with Gasteiger partial charge in [-0.1, -0.05) is 54.1 Å². The third-order valence-corrected chi connectivity index (χ3v) is 4.98. The summed E-state index contributed by atoms with van der Waals surface area (Å²) in [7, 11) is 3.41. The van der Waals surface area contributed by atoms with Crippen LogP contribution >= 0.6 is 0 Å². The molecular formula is C22H25N5O2. The van der Waals surface area contributed by atoms with E-state index in [9.17, 15) is 0 Å². The van der Waals surface area contributed by atoms with E-state index < -0.39 is 0 Å². The Hall–Kier alpha value is -3.03. The molecule has 0 bridgehead atoms. The minimum Gasteiger partial charge on any atom is -0.383 e. The zero-order valence-corrected chi connectivity index (χ0v) is 17.0. The molecule has 0 atom stereocenters. The molecule has 2 aromatic heterocycles. The van der Waals surface area contributed by atoms with Crippen molar-refractivity contribution in [3.63, 3.8) is 0 Å². The molecule has 0 saturated heterocycles. The normalized spacial score (nSPS) is 11.4. The van der Waals surface area contributed by atoms with Crippen LogP contribution in [0.4, 0.5) is 5.82 Å². The van der Waals surface area contributed by atoms with Crippen molar-refractivity contribution in [1.82, 2.24) is 19.8 Å². The smallest absolute Gasteiger partial charge is 0.186 e. The second kappa shape index (κ2) is 8.55. The van der Waals surface area contributed by atoms with Gasteiger partial charge in [-0.05, 0) is 6.92 Å². The molecule has 29 heavy (non-hydrogen) atoms. The van der Waals surface area contributed by atoms with Crippen LogP contribution in [0, 0.1) is 6.92 Å². The first kappa shape index (κ1) is 19.3. The van der Waals surface area contributed by atoms with E-state index >= 15 is 0 Å². The number of aromatic nitrogens is 4. The predicted molar refractivity (Wildman–Crippen MR) is 114 cm³/mol. The summed E-state index contributed by atoms with van der Waals surface area (Å²) < 4.78 is 12.5. The summed E-state index contributed by atoms with van der Waals surface area (Å²) in [5, 5.41) is 15.9. The van der Waals surface area contributed by atoms with E-state index in [-0.39, 0.29) is 0 Å². The average molecular weight is 391 g/mol. The molecule has 0 unspecified atom stereocenters. The van der Waals surface area contributed by atoms with Crippen LogP contribution in [0.25, 0.3) is 27.8 Å². The van der Waals surface area contributed by atoms with E-state index in [1.807, 2.05) is 16.6 Å². The summed E-state index contributed by atoms with van der Waals surface area (Å²) in [6, 6.07) is 16.4. The molecule has 0 saturated carbocycles. The molecule has 0 fully saturated rings. The van der Waals surface area contributed by atoms with Gasteiger partial charge in [-0.25, -0.2) is 0 Å². The predicted octanol–water partition coefficient (Wildman–Crippen LogP) is 3.35. The number of benzene rings is 2. The second-order valence-corrected chi connectivity index (χ2v) is 6.97. The van der Waals surface area contributed by atoms with Crippen LogP contribution in [-0.4, -0.2) is 60.3 Å². The minimum atomic E-state index is 0.602. The zero-order valence-electron chi connectivity index (χ0n) is 17.0. The minimum absolute atomic E-state index is 0.602. The number of anilines is 1. The Morgan fingerprint density at radius 1 is 0.862 bits per heavy atom. The van der Waals surface area contributed by atoms with Crippen LogP contribution in [0.15, 0.2) is 48.5 Å². The fraction of sp³-hybridized carbons (Fsp3) is 0.318. The van der Waals surface area contributed by atoms with E-state index in [0.29, 0.717) is 26.3 Å². The highest BCUT2D eigenvalue weighted by molar-refractivity contribution is 6.00. The van der Waals surface area contributed by atoms with Gasteiger partial charge in [0, 0.05) is 43.6 Å². The molecule has 0 aliphatic carbocycles. The van der Waals surface area contributed by atoms with Gasteiger partial charge in [-0.3, -0.25) is 0 Å². The maximum Gasteiger partial charge on any atom is 0.186 e. The molecule has 4 rings (SSSR count). The van der Waals surface area contributed by atoms with Crippen molar-refractivity contribution in [2.24, 2.45) is 0 Å². The van der Waals surface area contributed by atoms with Gasteiger partial charge in [-0.15, -0.1) is 15.3 Å². The molecule has 2 heterocycles. The first-order valence-corrected chi connectivity index (χ1v) is 9.67. The summed E-state index contributed by atoms with van der Waals surface area (Å²) in [5.74, 6) is 1.60. The molecule has 0 amide bonds. The maximum absolute atomic E-state index is 5.32. The lowest BCUT2D eigenvalue weighted by Crippen LogP contribution is -2.32. The van der Waals surface area contributed by atoms with Gasteiger partial charge in [0.05, 0.1) is 13.2 Å². The molecule has 0 aliphatic heterocycles. The number of ether oxygens (including phenoxy) is 2. The Labute approximate surface area is 169 Å². The van der Waals surface area contributed by atoms with Crippen molar-refractivity contribution < 1.29 is 9.47 Å². The van der Waals surface area contributed by atoms with Crippen LogP contribution in [0.1, 0.15) is 5.56 Å². The molecule has 2 aromatic carbocycles. The number of hydrogen-bond donors (Lipinski definition) is 0. The number of methoxy groups -OCH3 is 2. The molecular weight excluding hydrogens is 366 g/mol. The van der Waals surface area contributed by atoms with E-state index in [2.05, 4.69) is 58.4 Å². The lowest BCUT2D eigenvalue weighted by molar-refractivity contribution is 0.190. The van der Waals surface area contributed by atoms with Crippen LogP contribution in [0.3, 0.4) is 0 Å². The van der Waals surface area contributed by atoms with Gasteiger partial charge in [0.1, 0.15) is 0 Å². The van der Waals surface area contributed by atoms with Crippen LogP contribution < -0.4 is 4.90 Å². The SMILES string of the molecule is COCCN(CCOC)c1nn2c(-c3ccc(C)cc3)nnc2c2ccccc12. The number of rotatable bonds is 8. The van der Waals surface area contributed by atoms with Crippen molar-refractivity contribution >= 4 is 22.2 Å². The quantitative estimate of drug-likeness (QED) is 0.459. The Kier molecular flexibility index (Phi) is 5.69. The van der Waals surface area contributed by atoms with Crippen LogP contribution in [0.2, 0.25) is 0 Å². The third kappa shape index (κ3) is 3.79. The fourth-order valence-corrected chi connectivity index (χ4v) is 3.41. The maximum atomic E-state index is 5.32. The Balaban J connectivity index is 1.92. The summed E-state index contributed by atoms with van der Waals surface area (Å²) in [6.45, 7) is 4.70. The van der Waals surface area contributed by atoms with Gasteiger partial charge in [0.15, 0.2) is 17.3 Å². The second-order valence-electron chi connectivity index (χ2n) is 6.97. The van der Waals surface area contributed by atoms with E-state index in [1.54, 1.807) is 14.2 Å². The molecule has 0 radical (unpaired) electrons. The Bertz CT molecular complexity index is 1100. The molecule has 0 N–H and O–H groups in total. The first-order chi connectivity index (χ1) is 14.2. The third-order valence-electron chi connectivity index (χ3n) is 4.98. The van der Waals surface area contributed by atoms with Crippen LogP contribution in [-0.2, 0) is 9.47 Å². The standard InChI is InChI=1S/C22H25N5O2/c1-16-8-10-17(11-9-16)20-23-24-21-18-6-4-5-7-19(18)22(25-27(20)21)26(12-14-28-2)13-15-29-3/h4-11H,12-15H2,1-3H3. The number of nitrogens with zero attached hydrogens (tertiary/aromatic N) is 5. The van der Waals surface area contributed by atoms with Crippen LogP contribution in [0.5, 0.6) is 0 Å². The van der Waals surface area contributed by atoms with Gasteiger partial charge < -0.3 is 14.4 Å². The average Bonchev–Trinajstić information content (AvgIpc) is 3.18. The van der Waals surface area contributed by atoms with E-state index in [0.717, 1.165) is 33.6 Å². The number of aryl methyl sites for hydroxylation is 1. The van der Waals surface area contributed by atoms with Crippen molar-refractivity contribution in [2.75, 3.05) is 45.4 Å². The summed E-state index contributed by atoms with van der Waals surface area (Å²) >= 11 is 0. The molecule has 7 nitrogen and oxygen atoms in total. The fourth-order valence-electron chi connectivity index (χ4n) is 3.41.